The average Bonchev–Trinajstić information content (AvgIpc) is 2.08. The molecule has 0 unspecified atom stereocenters. The molecule has 0 heterocycles. The molecule has 0 aliphatic rings. The molecule has 0 amide bonds. The highest BCUT2D eigenvalue weighted by Crippen LogP contribution is 1.35. The van der Waals surface area contributed by atoms with Crippen LogP contribution in [0.15, 0.2) is 12.7 Å². The minimum absolute atomic E-state index is 0.194. The molecule has 0 fully saturated rings. The second-order valence-corrected chi connectivity index (χ2v) is 0.644. The van der Waals surface area contributed by atoms with Gasteiger partial charge in [0, 0.05) is 0 Å². The van der Waals surface area contributed by atoms with Crippen molar-refractivity contribution in [2.45, 2.75) is 0 Å². The second-order valence-electron chi connectivity index (χ2n) is 0.644. The molecule has 0 atom stereocenters. The van der Waals surface area contributed by atoms with E-state index in [1.54, 1.807) is 0 Å². The van der Waals surface area contributed by atoms with E-state index in [9.17, 15) is 0 Å². The molecule has 0 saturated heterocycles. The summed E-state index contributed by atoms with van der Waals surface area (Å²) < 4.78 is 0. The van der Waals surface area contributed by atoms with Crippen molar-refractivity contribution in [1.82, 2.24) is 0 Å². The Balaban J connectivity index is -0.0000000787. The molecule has 0 aliphatic heterocycles. The Morgan fingerprint density at radius 2 is 1.00 bits per heavy atom. The lowest BCUT2D eigenvalue weighted by Gasteiger charge is -1.37. The van der Waals surface area contributed by atoms with Gasteiger partial charge in [-0.15, -0.1) is 0 Å². The lowest BCUT2D eigenvalue weighted by Crippen LogP contribution is -1.62. The van der Waals surface area contributed by atoms with Gasteiger partial charge in [-0.2, -0.15) is 0 Å². The van der Waals surface area contributed by atoms with Gasteiger partial charge in [-0.05, 0) is 6.08 Å². The van der Waals surface area contributed by atoms with E-state index in [1.165, 1.54) is 6.08 Å². The highest BCUT2D eigenvalue weighted by Gasteiger charge is 1.47. The molecule has 0 aromatic rings. The normalized spacial score (nSPS) is 4.40. The standard InChI is InChI=1S/C3H4O.C2H2O2.CH2O/c1-2-3-4;3-1-2-4;1-2/h2-3H,1H2;1-2H;1H2. The summed E-state index contributed by atoms with van der Waals surface area (Å²) in [5.74, 6) is 0. The Kier molecular flexibility index (Phi) is 82.4. The Bertz CT molecular complexity index is 73.9. The maximum Gasteiger partial charge on any atom is 0.182 e. The van der Waals surface area contributed by atoms with Gasteiger partial charge in [-0.25, -0.2) is 0 Å². The fourth-order valence-corrected chi connectivity index (χ4v) is 0. The van der Waals surface area contributed by atoms with Crippen molar-refractivity contribution in [3.05, 3.63) is 12.7 Å². The quantitative estimate of drug-likeness (QED) is 0.299. The van der Waals surface area contributed by atoms with Crippen molar-refractivity contribution < 1.29 is 19.2 Å². The van der Waals surface area contributed by atoms with Crippen LogP contribution in [-0.4, -0.2) is 25.6 Å². The fourth-order valence-electron chi connectivity index (χ4n) is 0. The summed E-state index contributed by atoms with van der Waals surface area (Å²) in [6.45, 7) is 5.11. The Morgan fingerprint density at radius 1 is 0.800 bits per heavy atom. The van der Waals surface area contributed by atoms with Crippen LogP contribution >= 0.6 is 0 Å². The van der Waals surface area contributed by atoms with E-state index in [1.807, 2.05) is 6.79 Å². The second kappa shape index (κ2) is 52.2. The third kappa shape index (κ3) is 1070. The summed E-state index contributed by atoms with van der Waals surface area (Å²) >= 11 is 0. The molecular formula is C6H8O4. The number of hydrogen-bond donors (Lipinski definition) is 0. The van der Waals surface area contributed by atoms with Crippen LogP contribution < -0.4 is 0 Å². The predicted octanol–water partition coefficient (Wildman–Crippen LogP) is -0.429. The topological polar surface area (TPSA) is 68.3 Å². The monoisotopic (exact) mass is 144 g/mol. The SMILES string of the molecule is C=CC=O.C=O.O=CC=O. The molecule has 10 heavy (non-hydrogen) atoms. The zero-order valence-electron chi connectivity index (χ0n) is 5.36. The first-order valence-corrected chi connectivity index (χ1v) is 2.07. The van der Waals surface area contributed by atoms with Gasteiger partial charge in [-0.1, -0.05) is 6.58 Å². The van der Waals surface area contributed by atoms with Crippen LogP contribution in [0.25, 0.3) is 0 Å². The molecule has 0 aromatic heterocycles. The Hall–Kier alpha value is -1.58. The van der Waals surface area contributed by atoms with Crippen molar-refractivity contribution in [2.24, 2.45) is 0 Å². The minimum atomic E-state index is 0.194. The van der Waals surface area contributed by atoms with Crippen LogP contribution in [0.1, 0.15) is 0 Å². The number of rotatable bonds is 2. The van der Waals surface area contributed by atoms with Gasteiger partial charge in [0.05, 0.1) is 0 Å². The van der Waals surface area contributed by atoms with Crippen LogP contribution in [-0.2, 0) is 19.2 Å². The van der Waals surface area contributed by atoms with Crippen molar-refractivity contribution >= 4 is 25.6 Å². The molecule has 4 nitrogen and oxygen atoms in total. The summed E-state index contributed by atoms with van der Waals surface area (Å²) in [5.41, 5.74) is 0. The lowest BCUT2D eigenvalue weighted by atomic mass is 10.8. The third-order valence-electron chi connectivity index (χ3n) is 0.152. The van der Waals surface area contributed by atoms with Crippen LogP contribution in [0.2, 0.25) is 0 Å². The highest BCUT2D eigenvalue weighted by atomic mass is 16.2. The number of allylic oxidation sites excluding steroid dienone is 1. The molecule has 0 aromatic carbocycles. The molecule has 56 valence electrons. The van der Waals surface area contributed by atoms with E-state index in [4.69, 9.17) is 19.2 Å². The van der Waals surface area contributed by atoms with Gasteiger partial charge in [0.2, 0.25) is 0 Å². The summed E-state index contributed by atoms with van der Waals surface area (Å²) in [6.07, 6.45) is 2.22. The Labute approximate surface area is 58.5 Å². The van der Waals surface area contributed by atoms with E-state index in [-0.39, 0.29) is 12.6 Å². The molecular weight excluding hydrogens is 136 g/mol. The number of carbonyl (C=O) groups is 4. The molecule has 0 aliphatic carbocycles. The van der Waals surface area contributed by atoms with Crippen molar-refractivity contribution in [3.63, 3.8) is 0 Å². The largest absolute Gasteiger partial charge is 0.307 e. The van der Waals surface area contributed by atoms with E-state index >= 15 is 0 Å². The van der Waals surface area contributed by atoms with Gasteiger partial charge in [0.1, 0.15) is 13.1 Å². The van der Waals surface area contributed by atoms with E-state index < -0.39 is 0 Å². The maximum absolute atomic E-state index is 9.06. The van der Waals surface area contributed by atoms with Crippen LogP contribution in [0.4, 0.5) is 0 Å². The fraction of sp³-hybridized carbons (Fsp3) is 0. The summed E-state index contributed by atoms with van der Waals surface area (Å²) in [6, 6.07) is 0. The summed E-state index contributed by atoms with van der Waals surface area (Å²) in [4.78, 5) is 34.7. The van der Waals surface area contributed by atoms with E-state index in [0.717, 1.165) is 0 Å². The lowest BCUT2D eigenvalue weighted by molar-refractivity contribution is -0.122. The van der Waals surface area contributed by atoms with Gasteiger partial charge in [0.15, 0.2) is 12.6 Å². The molecule has 0 N–H and O–H groups in total. The third-order valence-corrected chi connectivity index (χ3v) is 0.152. The van der Waals surface area contributed by atoms with Crippen molar-refractivity contribution in [1.29, 1.82) is 0 Å². The van der Waals surface area contributed by atoms with Gasteiger partial charge in [-0.3, -0.25) is 14.4 Å². The summed E-state index contributed by atoms with van der Waals surface area (Å²) in [5, 5.41) is 0. The number of hydrogen-bond acceptors (Lipinski definition) is 4. The van der Waals surface area contributed by atoms with Gasteiger partial charge >= 0.3 is 0 Å². The first-order valence-electron chi connectivity index (χ1n) is 2.07. The molecule has 0 bridgehead atoms. The zero-order valence-corrected chi connectivity index (χ0v) is 5.36. The smallest absolute Gasteiger partial charge is 0.182 e. The first-order chi connectivity index (χ1) is 4.83. The molecule has 0 saturated carbocycles. The Morgan fingerprint density at radius 3 is 1.00 bits per heavy atom. The molecule has 0 radical (unpaired) electrons. The number of carbonyl (C=O) groups excluding carboxylic acids is 4. The van der Waals surface area contributed by atoms with Crippen LogP contribution in [0, 0.1) is 0 Å². The predicted molar refractivity (Wildman–Crippen MR) is 35.5 cm³/mol. The number of aldehydes is 3. The molecule has 4 heteroatoms. The van der Waals surface area contributed by atoms with Gasteiger partial charge < -0.3 is 4.79 Å². The maximum atomic E-state index is 9.06. The van der Waals surface area contributed by atoms with E-state index in [2.05, 4.69) is 6.58 Å². The molecule has 0 spiro atoms. The van der Waals surface area contributed by atoms with Crippen LogP contribution in [0.5, 0.6) is 0 Å². The molecule has 0 rings (SSSR count). The van der Waals surface area contributed by atoms with E-state index in [0.29, 0.717) is 6.29 Å². The first kappa shape index (κ1) is 15.8. The van der Waals surface area contributed by atoms with Crippen molar-refractivity contribution in [3.8, 4) is 0 Å². The van der Waals surface area contributed by atoms with Crippen molar-refractivity contribution in [2.75, 3.05) is 0 Å². The average molecular weight is 144 g/mol. The minimum Gasteiger partial charge on any atom is -0.307 e. The summed E-state index contributed by atoms with van der Waals surface area (Å²) in [7, 11) is 0. The highest BCUT2D eigenvalue weighted by molar-refractivity contribution is 6.09. The zero-order chi connectivity index (χ0) is 8.83. The van der Waals surface area contributed by atoms with Crippen LogP contribution in [0.3, 0.4) is 0 Å². The van der Waals surface area contributed by atoms with Gasteiger partial charge in [0.25, 0.3) is 0 Å².